The number of rotatable bonds is 5. The number of hydroxylamine groups is 1. The lowest BCUT2D eigenvalue weighted by atomic mass is 10.3. The Morgan fingerprint density at radius 1 is 1.79 bits per heavy atom. The molecule has 5 nitrogen and oxygen atoms in total. The van der Waals surface area contributed by atoms with Gasteiger partial charge in [-0.15, -0.1) is 11.3 Å². The van der Waals surface area contributed by atoms with E-state index in [-0.39, 0.29) is 6.47 Å². The molecule has 1 aromatic heterocycles. The molecule has 0 aliphatic carbocycles. The van der Waals surface area contributed by atoms with Gasteiger partial charge in [0, 0.05) is 0 Å². The number of carbonyl (C=O) groups excluding carboxylic acids is 1. The molecule has 0 aromatic carbocycles. The van der Waals surface area contributed by atoms with E-state index < -0.39 is 12.0 Å². The van der Waals surface area contributed by atoms with Gasteiger partial charge >= 0.3 is 12.4 Å². The first-order valence-corrected chi connectivity index (χ1v) is 4.70. The number of nitrogens with zero attached hydrogens (tertiary/aromatic N) is 1. The van der Waals surface area contributed by atoms with E-state index in [1.807, 2.05) is 0 Å². The molecule has 0 fully saturated rings. The van der Waals surface area contributed by atoms with Crippen molar-refractivity contribution >= 4 is 28.8 Å². The van der Waals surface area contributed by atoms with E-state index in [2.05, 4.69) is 4.84 Å². The second-order valence-corrected chi connectivity index (χ2v) is 3.42. The van der Waals surface area contributed by atoms with Gasteiger partial charge in [-0.05, 0) is 24.4 Å². The van der Waals surface area contributed by atoms with Crippen molar-refractivity contribution in [2.45, 2.75) is 13.0 Å². The molecule has 1 N–H and O–H groups in total. The first-order valence-electron chi connectivity index (χ1n) is 3.82. The van der Waals surface area contributed by atoms with Crippen LogP contribution < -0.4 is 5.06 Å². The summed E-state index contributed by atoms with van der Waals surface area (Å²) < 4.78 is 0. The minimum absolute atomic E-state index is 0.207. The fraction of sp³-hybridized carbons (Fsp3) is 0.250. The summed E-state index contributed by atoms with van der Waals surface area (Å²) in [4.78, 5) is 25.5. The Labute approximate surface area is 84.5 Å². The molecular formula is C8H9NO4S. The van der Waals surface area contributed by atoms with Gasteiger partial charge < -0.3 is 9.94 Å². The summed E-state index contributed by atoms with van der Waals surface area (Å²) in [5.41, 5.74) is 0. The average molecular weight is 215 g/mol. The average Bonchev–Trinajstić information content (AvgIpc) is 2.65. The second kappa shape index (κ2) is 4.61. The third kappa shape index (κ3) is 2.23. The van der Waals surface area contributed by atoms with Crippen LogP contribution in [0.2, 0.25) is 0 Å². The molecule has 1 heterocycles. The number of hydrogen-bond acceptors (Lipinski definition) is 5. The van der Waals surface area contributed by atoms with E-state index in [1.54, 1.807) is 17.5 Å². The second-order valence-electron chi connectivity index (χ2n) is 2.49. The third-order valence-corrected chi connectivity index (χ3v) is 2.44. The number of carboxylic acids is 1. The topological polar surface area (TPSA) is 66.8 Å². The summed E-state index contributed by atoms with van der Waals surface area (Å²) in [5, 5.41) is 12.1. The van der Waals surface area contributed by atoms with Crippen LogP contribution in [-0.4, -0.2) is 23.6 Å². The van der Waals surface area contributed by atoms with Crippen LogP contribution in [-0.2, 0) is 14.4 Å². The molecule has 0 aliphatic rings. The Morgan fingerprint density at radius 3 is 2.93 bits per heavy atom. The van der Waals surface area contributed by atoms with Crippen LogP contribution >= 0.6 is 11.3 Å². The fourth-order valence-corrected chi connectivity index (χ4v) is 1.63. The standard InChI is InChI=1S/C8H9NO4S/c1-6(8(11)12)9(13-5-10)7-3-2-4-14-7/h2-6H,1H3,(H,11,12). The fourth-order valence-electron chi connectivity index (χ4n) is 0.876. The van der Waals surface area contributed by atoms with E-state index in [9.17, 15) is 9.59 Å². The van der Waals surface area contributed by atoms with E-state index in [4.69, 9.17) is 5.11 Å². The molecule has 0 saturated heterocycles. The minimum Gasteiger partial charge on any atom is -0.480 e. The van der Waals surface area contributed by atoms with E-state index in [0.717, 1.165) is 5.06 Å². The van der Waals surface area contributed by atoms with Crippen LogP contribution in [0.4, 0.5) is 5.00 Å². The summed E-state index contributed by atoms with van der Waals surface area (Å²) in [6.07, 6.45) is 0. The van der Waals surface area contributed by atoms with Gasteiger partial charge in [-0.2, -0.15) is 5.06 Å². The van der Waals surface area contributed by atoms with Crippen LogP contribution in [0.25, 0.3) is 0 Å². The Balaban J connectivity index is 2.84. The Morgan fingerprint density at radius 2 is 2.50 bits per heavy atom. The van der Waals surface area contributed by atoms with Crippen molar-refractivity contribution in [1.29, 1.82) is 0 Å². The quantitative estimate of drug-likeness (QED) is 0.588. The smallest absolute Gasteiger partial charge is 0.329 e. The molecule has 14 heavy (non-hydrogen) atoms. The normalized spacial score (nSPS) is 11.8. The zero-order valence-electron chi connectivity index (χ0n) is 7.41. The van der Waals surface area contributed by atoms with Crippen molar-refractivity contribution in [3.8, 4) is 0 Å². The number of thiophene rings is 1. The maximum Gasteiger partial charge on any atom is 0.329 e. The maximum absolute atomic E-state index is 10.7. The van der Waals surface area contributed by atoms with Crippen molar-refractivity contribution < 1.29 is 19.5 Å². The lowest BCUT2D eigenvalue weighted by molar-refractivity contribution is -0.142. The van der Waals surface area contributed by atoms with E-state index in [1.165, 1.54) is 18.3 Å². The maximum atomic E-state index is 10.7. The van der Waals surface area contributed by atoms with Gasteiger partial charge in [0.15, 0.2) is 6.04 Å². The predicted octanol–water partition coefficient (Wildman–Crippen LogP) is 1.12. The zero-order valence-corrected chi connectivity index (χ0v) is 8.23. The van der Waals surface area contributed by atoms with Crippen molar-refractivity contribution in [2.24, 2.45) is 0 Å². The summed E-state index contributed by atoms with van der Waals surface area (Å²) in [5.74, 6) is -1.06. The number of aliphatic carboxylic acids is 1. The van der Waals surface area contributed by atoms with E-state index >= 15 is 0 Å². The molecule has 0 radical (unpaired) electrons. The molecule has 6 heteroatoms. The first-order chi connectivity index (χ1) is 6.66. The highest BCUT2D eigenvalue weighted by Gasteiger charge is 2.23. The van der Waals surface area contributed by atoms with Crippen molar-refractivity contribution in [1.82, 2.24) is 0 Å². The van der Waals surface area contributed by atoms with Crippen LogP contribution in [0, 0.1) is 0 Å². The SMILES string of the molecule is CC(C(=O)O)N(OC=O)c1cccs1. The molecule has 1 aromatic rings. The highest BCUT2D eigenvalue weighted by Crippen LogP contribution is 2.23. The molecule has 0 aliphatic heterocycles. The summed E-state index contributed by atoms with van der Waals surface area (Å²) in [6, 6.07) is 2.52. The third-order valence-electron chi connectivity index (χ3n) is 1.59. The van der Waals surface area contributed by atoms with Gasteiger partial charge in [0.05, 0.1) is 0 Å². The van der Waals surface area contributed by atoms with Gasteiger partial charge in [0.1, 0.15) is 5.00 Å². The largest absolute Gasteiger partial charge is 0.480 e. The highest BCUT2D eigenvalue weighted by atomic mass is 32.1. The van der Waals surface area contributed by atoms with Crippen LogP contribution in [0.5, 0.6) is 0 Å². The molecule has 1 atom stereocenters. The van der Waals surface area contributed by atoms with Crippen LogP contribution in [0.1, 0.15) is 6.92 Å². The van der Waals surface area contributed by atoms with Crippen molar-refractivity contribution in [2.75, 3.05) is 5.06 Å². The van der Waals surface area contributed by atoms with Gasteiger partial charge in [-0.1, -0.05) is 0 Å². The Bertz CT molecular complexity index is 311. The predicted molar refractivity (Wildman–Crippen MR) is 51.0 cm³/mol. The Kier molecular flexibility index (Phi) is 3.47. The minimum atomic E-state index is -1.06. The molecule has 1 rings (SSSR count). The van der Waals surface area contributed by atoms with Gasteiger partial charge in [0.2, 0.25) is 0 Å². The zero-order chi connectivity index (χ0) is 10.6. The molecule has 0 spiro atoms. The number of anilines is 1. The van der Waals surface area contributed by atoms with E-state index in [0.29, 0.717) is 5.00 Å². The molecule has 76 valence electrons. The van der Waals surface area contributed by atoms with Crippen LogP contribution in [0.15, 0.2) is 17.5 Å². The number of carbonyl (C=O) groups is 2. The van der Waals surface area contributed by atoms with Crippen molar-refractivity contribution in [3.63, 3.8) is 0 Å². The molecule has 0 bridgehead atoms. The summed E-state index contributed by atoms with van der Waals surface area (Å²) in [7, 11) is 0. The lowest BCUT2D eigenvalue weighted by Gasteiger charge is -2.22. The lowest BCUT2D eigenvalue weighted by Crippen LogP contribution is -2.38. The summed E-state index contributed by atoms with van der Waals surface area (Å²) in [6.45, 7) is 1.64. The van der Waals surface area contributed by atoms with Crippen LogP contribution in [0.3, 0.4) is 0 Å². The monoisotopic (exact) mass is 215 g/mol. The molecule has 1 unspecified atom stereocenters. The first kappa shape index (κ1) is 10.5. The molecule has 0 saturated carbocycles. The van der Waals surface area contributed by atoms with Gasteiger partial charge in [-0.3, -0.25) is 4.79 Å². The number of carboxylic acid groups (broad SMARTS) is 1. The van der Waals surface area contributed by atoms with Gasteiger partial charge in [0.25, 0.3) is 0 Å². The highest BCUT2D eigenvalue weighted by molar-refractivity contribution is 7.14. The molecular weight excluding hydrogens is 206 g/mol. The summed E-state index contributed by atoms with van der Waals surface area (Å²) >= 11 is 1.30. The van der Waals surface area contributed by atoms with Gasteiger partial charge in [-0.25, -0.2) is 4.79 Å². The number of hydrogen-bond donors (Lipinski definition) is 1. The Hall–Kier alpha value is -1.56. The van der Waals surface area contributed by atoms with Crippen molar-refractivity contribution in [3.05, 3.63) is 17.5 Å². The molecule has 0 amide bonds.